The molecule has 2 bridgehead atoms. The number of fused-ring (bicyclic) bond motifs is 1. The molecule has 0 aromatic heterocycles. The first-order valence-corrected chi connectivity index (χ1v) is 15.8. The molecule has 1 N–H and O–H groups in total. The highest BCUT2D eigenvalue weighted by molar-refractivity contribution is 6.05. The number of hydrogen-bond acceptors (Lipinski definition) is 6. The minimum atomic E-state index is -1.19. The van der Waals surface area contributed by atoms with E-state index >= 15 is 0 Å². The van der Waals surface area contributed by atoms with Gasteiger partial charge in [0.05, 0.1) is 37.7 Å². The van der Waals surface area contributed by atoms with E-state index in [1.54, 1.807) is 58.2 Å². The number of rotatable bonds is 14. The number of anilines is 1. The first kappa shape index (κ1) is 32.4. The van der Waals surface area contributed by atoms with E-state index < -0.39 is 35.6 Å². The van der Waals surface area contributed by atoms with Crippen molar-refractivity contribution >= 4 is 23.4 Å². The molecule has 3 aliphatic rings. The number of amides is 3. The molecule has 0 radical (unpaired) electrons. The molecule has 0 saturated carbocycles. The summed E-state index contributed by atoms with van der Waals surface area (Å²) in [6, 6.07) is 15.2. The number of ether oxygens (including phenoxy) is 2. The smallest absolute Gasteiger partial charge is 0.253 e. The molecule has 3 aliphatic heterocycles. The standard InChI is InChI=1S/C36H45N3O6/c1-6-19-37(22-25-11-9-8-10-12-25)33(41)30-29-17-18-36(45-29)31(30)34(42)39(27(23-40)21-24(3)4)32(36)35(43)38(20-7-2)26-13-15-28(44-5)16-14-26/h6-16,24,27,29-32,40H,1-2,17-23H2,3-5H3/t27-,29-,30+,31+,32?,36?/m1/s1. The fraction of sp³-hybridized carbons (Fsp3) is 0.472. The van der Waals surface area contributed by atoms with E-state index in [-0.39, 0.29) is 36.8 Å². The van der Waals surface area contributed by atoms with Crippen LogP contribution in [-0.2, 0) is 25.7 Å². The molecule has 2 aromatic rings. The van der Waals surface area contributed by atoms with Gasteiger partial charge in [-0.3, -0.25) is 14.4 Å². The Labute approximate surface area is 266 Å². The van der Waals surface area contributed by atoms with Gasteiger partial charge in [-0.15, -0.1) is 13.2 Å². The molecule has 45 heavy (non-hydrogen) atoms. The maximum absolute atomic E-state index is 14.8. The maximum Gasteiger partial charge on any atom is 0.253 e. The van der Waals surface area contributed by atoms with Gasteiger partial charge in [-0.1, -0.05) is 56.3 Å². The zero-order chi connectivity index (χ0) is 32.3. The number of aliphatic hydroxyl groups is 1. The molecule has 6 atom stereocenters. The number of carbonyl (C=O) groups excluding carboxylic acids is 3. The van der Waals surface area contributed by atoms with Gasteiger partial charge in [0.1, 0.15) is 17.4 Å². The van der Waals surface area contributed by atoms with E-state index in [9.17, 15) is 19.5 Å². The second-order valence-electron chi connectivity index (χ2n) is 12.7. The molecule has 3 fully saturated rings. The predicted octanol–water partition coefficient (Wildman–Crippen LogP) is 4.21. The molecule has 5 rings (SSSR count). The van der Waals surface area contributed by atoms with E-state index in [1.165, 1.54) is 0 Å². The second kappa shape index (κ2) is 13.6. The number of carbonyl (C=O) groups is 3. The molecule has 3 saturated heterocycles. The van der Waals surface area contributed by atoms with Crippen LogP contribution in [-0.4, -0.2) is 83.2 Å². The summed E-state index contributed by atoms with van der Waals surface area (Å²) in [5.41, 5.74) is 0.399. The minimum absolute atomic E-state index is 0.151. The van der Waals surface area contributed by atoms with Gasteiger partial charge in [0.15, 0.2) is 0 Å². The van der Waals surface area contributed by atoms with E-state index in [4.69, 9.17) is 9.47 Å². The number of aliphatic hydroxyl groups excluding tert-OH is 1. The summed E-state index contributed by atoms with van der Waals surface area (Å²) in [4.78, 5) is 48.7. The fourth-order valence-electron chi connectivity index (χ4n) is 7.63. The lowest BCUT2D eigenvalue weighted by atomic mass is 9.70. The van der Waals surface area contributed by atoms with Crippen molar-refractivity contribution in [1.82, 2.24) is 9.80 Å². The minimum Gasteiger partial charge on any atom is -0.497 e. The van der Waals surface area contributed by atoms with Gasteiger partial charge in [-0.05, 0) is 55.0 Å². The first-order valence-electron chi connectivity index (χ1n) is 15.8. The third-order valence-corrected chi connectivity index (χ3v) is 9.44. The Morgan fingerprint density at radius 1 is 1.09 bits per heavy atom. The van der Waals surface area contributed by atoms with E-state index in [0.717, 1.165) is 5.56 Å². The third-order valence-electron chi connectivity index (χ3n) is 9.44. The molecular formula is C36H45N3O6. The molecule has 2 aromatic carbocycles. The lowest BCUT2D eigenvalue weighted by Gasteiger charge is -2.39. The van der Waals surface area contributed by atoms with Crippen LogP contribution in [0.1, 0.15) is 38.7 Å². The van der Waals surface area contributed by atoms with Crippen molar-refractivity contribution in [2.45, 2.75) is 63.4 Å². The van der Waals surface area contributed by atoms with E-state index in [1.807, 2.05) is 44.2 Å². The predicted molar refractivity (Wildman–Crippen MR) is 172 cm³/mol. The zero-order valence-corrected chi connectivity index (χ0v) is 26.5. The van der Waals surface area contributed by atoms with Crippen LogP contribution in [0.2, 0.25) is 0 Å². The van der Waals surface area contributed by atoms with Crippen LogP contribution < -0.4 is 9.64 Å². The van der Waals surface area contributed by atoms with Crippen LogP contribution in [0.5, 0.6) is 5.75 Å². The lowest BCUT2D eigenvalue weighted by molar-refractivity contribution is -0.147. The zero-order valence-electron chi connectivity index (χ0n) is 26.5. The van der Waals surface area contributed by atoms with Crippen LogP contribution in [0.3, 0.4) is 0 Å². The molecule has 9 heteroatoms. The molecule has 2 unspecified atom stereocenters. The van der Waals surface area contributed by atoms with Crippen LogP contribution in [0.4, 0.5) is 5.69 Å². The summed E-state index contributed by atoms with van der Waals surface area (Å²) in [7, 11) is 1.58. The Balaban J connectivity index is 1.56. The number of likely N-dealkylation sites (tertiary alicyclic amines) is 1. The largest absolute Gasteiger partial charge is 0.497 e. The Morgan fingerprint density at radius 2 is 1.78 bits per heavy atom. The van der Waals surface area contributed by atoms with Crippen molar-refractivity contribution in [3.05, 3.63) is 85.5 Å². The van der Waals surface area contributed by atoms with Gasteiger partial charge >= 0.3 is 0 Å². The van der Waals surface area contributed by atoms with Gasteiger partial charge in [-0.25, -0.2) is 0 Å². The Hall–Kier alpha value is -3.95. The van der Waals surface area contributed by atoms with E-state index in [0.29, 0.717) is 43.8 Å². The van der Waals surface area contributed by atoms with Crippen molar-refractivity contribution in [2.75, 3.05) is 31.7 Å². The van der Waals surface area contributed by atoms with Gasteiger partial charge in [0.2, 0.25) is 11.8 Å². The molecule has 3 heterocycles. The molecule has 0 aliphatic carbocycles. The number of hydrogen-bond donors (Lipinski definition) is 1. The summed E-state index contributed by atoms with van der Waals surface area (Å²) in [6.07, 6.45) is 4.37. The van der Waals surface area contributed by atoms with Gasteiger partial charge in [0, 0.05) is 25.3 Å². The van der Waals surface area contributed by atoms with Crippen LogP contribution in [0.15, 0.2) is 79.9 Å². The van der Waals surface area contributed by atoms with Crippen LogP contribution in [0.25, 0.3) is 0 Å². The van der Waals surface area contributed by atoms with Crippen molar-refractivity contribution in [1.29, 1.82) is 0 Å². The monoisotopic (exact) mass is 615 g/mol. The third kappa shape index (κ3) is 5.91. The molecule has 1 spiro atoms. The highest BCUT2D eigenvalue weighted by Crippen LogP contribution is 2.59. The lowest BCUT2D eigenvalue weighted by Crippen LogP contribution is -2.59. The average Bonchev–Trinajstić information content (AvgIpc) is 3.69. The normalized spacial score (nSPS) is 25.6. The molecule has 9 nitrogen and oxygen atoms in total. The van der Waals surface area contributed by atoms with Crippen molar-refractivity contribution in [3.63, 3.8) is 0 Å². The number of nitrogens with zero attached hydrogens (tertiary/aromatic N) is 3. The summed E-state index contributed by atoms with van der Waals surface area (Å²) >= 11 is 0. The van der Waals surface area contributed by atoms with Gasteiger partial charge < -0.3 is 29.3 Å². The fourth-order valence-corrected chi connectivity index (χ4v) is 7.63. The highest BCUT2D eigenvalue weighted by Gasteiger charge is 2.75. The SMILES string of the molecule is C=CCN(Cc1ccccc1)C(=O)[C@@H]1[C@H]2C(=O)N([C@@H](CO)CC(C)C)C(C(=O)N(CC=C)c3ccc(OC)cc3)C23CC[C@H]1O3. The topological polar surface area (TPSA) is 99.6 Å². The maximum atomic E-state index is 14.8. The first-order chi connectivity index (χ1) is 21.7. The Morgan fingerprint density at radius 3 is 2.38 bits per heavy atom. The quantitative estimate of drug-likeness (QED) is 0.320. The summed E-state index contributed by atoms with van der Waals surface area (Å²) in [6.45, 7) is 12.4. The van der Waals surface area contributed by atoms with Gasteiger partial charge in [-0.2, -0.15) is 0 Å². The van der Waals surface area contributed by atoms with Crippen molar-refractivity contribution in [3.8, 4) is 5.75 Å². The van der Waals surface area contributed by atoms with Crippen LogP contribution in [0, 0.1) is 17.8 Å². The second-order valence-corrected chi connectivity index (χ2v) is 12.7. The highest BCUT2D eigenvalue weighted by atomic mass is 16.5. The number of benzene rings is 2. The Kier molecular flexibility index (Phi) is 9.79. The number of methoxy groups -OCH3 is 1. The summed E-state index contributed by atoms with van der Waals surface area (Å²) in [5, 5.41) is 10.6. The molecular weight excluding hydrogens is 570 g/mol. The molecule has 3 amide bonds. The van der Waals surface area contributed by atoms with Crippen molar-refractivity contribution in [2.24, 2.45) is 17.8 Å². The van der Waals surface area contributed by atoms with Gasteiger partial charge in [0.25, 0.3) is 5.91 Å². The summed E-state index contributed by atoms with van der Waals surface area (Å²) in [5.74, 6) is -1.60. The van der Waals surface area contributed by atoms with E-state index in [2.05, 4.69) is 13.2 Å². The summed E-state index contributed by atoms with van der Waals surface area (Å²) < 4.78 is 12.0. The Bertz CT molecular complexity index is 1400. The average molecular weight is 616 g/mol. The van der Waals surface area contributed by atoms with Crippen LogP contribution >= 0.6 is 0 Å². The molecule has 240 valence electrons. The van der Waals surface area contributed by atoms with Crippen molar-refractivity contribution < 1.29 is 29.0 Å².